The zero-order valence-electron chi connectivity index (χ0n) is 15.0. The van der Waals surface area contributed by atoms with Crippen molar-refractivity contribution in [1.82, 2.24) is 4.57 Å². The van der Waals surface area contributed by atoms with E-state index in [4.69, 9.17) is 4.74 Å². The van der Waals surface area contributed by atoms with E-state index >= 15 is 0 Å². The van der Waals surface area contributed by atoms with Crippen molar-refractivity contribution in [2.75, 3.05) is 7.11 Å². The number of fused-ring (bicyclic) bond motifs is 2. The lowest BCUT2D eigenvalue weighted by atomic mass is 9.81. The van der Waals surface area contributed by atoms with Crippen molar-refractivity contribution >= 4 is 27.8 Å². The van der Waals surface area contributed by atoms with Gasteiger partial charge in [0.1, 0.15) is 5.75 Å². The Morgan fingerprint density at radius 1 is 1.12 bits per heavy atom. The molecule has 0 N–H and O–H groups in total. The summed E-state index contributed by atoms with van der Waals surface area (Å²) in [5.41, 5.74) is 7.19. The van der Waals surface area contributed by atoms with Crippen LogP contribution in [0.25, 0.3) is 22.0 Å². The van der Waals surface area contributed by atoms with Gasteiger partial charge in [0.15, 0.2) is 5.78 Å². The molecule has 0 saturated carbocycles. The first-order valence-corrected chi connectivity index (χ1v) is 8.47. The molecule has 0 saturated heterocycles. The van der Waals surface area contributed by atoms with Crippen LogP contribution in [0.5, 0.6) is 5.75 Å². The van der Waals surface area contributed by atoms with Crippen LogP contribution in [0.3, 0.4) is 0 Å². The Kier molecular flexibility index (Phi) is 3.53. The minimum absolute atomic E-state index is 0.175. The number of ketones is 1. The van der Waals surface area contributed by atoms with Crippen LogP contribution in [0, 0.1) is 6.92 Å². The second-order valence-corrected chi connectivity index (χ2v) is 6.77. The first-order chi connectivity index (χ1) is 12.0. The Morgan fingerprint density at radius 3 is 2.64 bits per heavy atom. The molecule has 126 valence electrons. The van der Waals surface area contributed by atoms with Crippen LogP contribution < -0.4 is 4.74 Å². The Morgan fingerprint density at radius 2 is 1.88 bits per heavy atom. The summed E-state index contributed by atoms with van der Waals surface area (Å²) in [5.74, 6) is 1.02. The molecule has 1 aliphatic rings. The monoisotopic (exact) mass is 331 g/mol. The van der Waals surface area contributed by atoms with E-state index in [1.807, 2.05) is 39.1 Å². The fraction of sp³-hybridized carbons (Fsp3) is 0.227. The van der Waals surface area contributed by atoms with E-state index in [0.29, 0.717) is 6.42 Å². The summed E-state index contributed by atoms with van der Waals surface area (Å²) in [4.78, 5) is 13.0. The van der Waals surface area contributed by atoms with Crippen LogP contribution in [0.15, 0.2) is 42.6 Å². The number of allylic oxidation sites excluding steroid dienone is 2. The second-order valence-electron chi connectivity index (χ2n) is 6.77. The zero-order valence-corrected chi connectivity index (χ0v) is 15.0. The number of benzene rings is 2. The van der Waals surface area contributed by atoms with Crippen LogP contribution in [-0.2, 0) is 18.3 Å². The number of Topliss-reactive ketones (excluding diaryl/α,β-unsaturated/α-hetero) is 1. The second kappa shape index (κ2) is 5.62. The zero-order chi connectivity index (χ0) is 17.7. The van der Waals surface area contributed by atoms with Gasteiger partial charge in [-0.1, -0.05) is 24.3 Å². The standard InChI is InChI=1S/C22H21NO2/c1-13-9-15-11-19(24)22(14(2)21(15)20(10-13)25-4)17-12-23(3)18-8-6-5-7-16(17)18/h5-10,12H,11H2,1-4H3. The number of rotatable bonds is 2. The van der Waals surface area contributed by atoms with Crippen molar-refractivity contribution in [3.05, 3.63) is 64.8 Å². The number of hydrogen-bond acceptors (Lipinski definition) is 2. The molecule has 0 bridgehead atoms. The lowest BCUT2D eigenvalue weighted by molar-refractivity contribution is -0.113. The first-order valence-electron chi connectivity index (χ1n) is 8.47. The Balaban J connectivity index is 2.04. The molecular formula is C22H21NO2. The number of ether oxygens (including phenoxy) is 1. The van der Waals surface area contributed by atoms with Gasteiger partial charge in [-0.05, 0) is 42.7 Å². The molecule has 4 rings (SSSR count). The third-order valence-corrected chi connectivity index (χ3v) is 5.09. The van der Waals surface area contributed by atoms with Gasteiger partial charge in [-0.25, -0.2) is 0 Å². The SMILES string of the molecule is COc1cc(C)cc2c1C(C)=C(c1cn(C)c3ccccc13)C(=O)C2. The van der Waals surface area contributed by atoms with E-state index in [-0.39, 0.29) is 5.78 Å². The summed E-state index contributed by atoms with van der Waals surface area (Å²) in [6, 6.07) is 12.3. The van der Waals surface area contributed by atoms with Crippen molar-refractivity contribution in [3.63, 3.8) is 0 Å². The normalized spacial score (nSPS) is 14.2. The fourth-order valence-electron chi connectivity index (χ4n) is 4.04. The molecule has 1 aliphatic carbocycles. The van der Waals surface area contributed by atoms with E-state index in [2.05, 4.69) is 29.0 Å². The molecule has 3 nitrogen and oxygen atoms in total. The summed E-state index contributed by atoms with van der Waals surface area (Å²) < 4.78 is 7.71. The highest BCUT2D eigenvalue weighted by Crippen LogP contribution is 2.42. The third-order valence-electron chi connectivity index (χ3n) is 5.09. The number of aromatic nitrogens is 1. The van der Waals surface area contributed by atoms with Gasteiger partial charge in [-0.2, -0.15) is 0 Å². The molecule has 0 unspecified atom stereocenters. The number of carbonyl (C=O) groups excluding carboxylic acids is 1. The third kappa shape index (κ3) is 2.30. The van der Waals surface area contributed by atoms with Crippen molar-refractivity contribution in [3.8, 4) is 5.75 Å². The predicted octanol–water partition coefficient (Wildman–Crippen LogP) is 4.55. The molecule has 0 amide bonds. The first kappa shape index (κ1) is 15.7. The fourth-order valence-corrected chi connectivity index (χ4v) is 4.04. The Bertz CT molecular complexity index is 1050. The summed E-state index contributed by atoms with van der Waals surface area (Å²) in [6.07, 6.45) is 2.48. The van der Waals surface area contributed by atoms with Gasteiger partial charge >= 0.3 is 0 Å². The predicted molar refractivity (Wildman–Crippen MR) is 102 cm³/mol. The molecule has 1 heterocycles. The van der Waals surface area contributed by atoms with Gasteiger partial charge in [-0.15, -0.1) is 0 Å². The molecule has 0 spiro atoms. The average molecular weight is 331 g/mol. The van der Waals surface area contributed by atoms with Gasteiger partial charge < -0.3 is 9.30 Å². The molecule has 0 radical (unpaired) electrons. The highest BCUT2D eigenvalue weighted by Gasteiger charge is 2.28. The smallest absolute Gasteiger partial charge is 0.168 e. The van der Waals surface area contributed by atoms with Gasteiger partial charge in [-0.3, -0.25) is 4.79 Å². The average Bonchev–Trinajstić information content (AvgIpc) is 2.91. The molecule has 25 heavy (non-hydrogen) atoms. The summed E-state index contributed by atoms with van der Waals surface area (Å²) >= 11 is 0. The highest BCUT2D eigenvalue weighted by molar-refractivity contribution is 6.32. The van der Waals surface area contributed by atoms with Crippen LogP contribution in [0.4, 0.5) is 0 Å². The van der Waals surface area contributed by atoms with Crippen LogP contribution in [0.1, 0.15) is 29.2 Å². The van der Waals surface area contributed by atoms with Crippen LogP contribution >= 0.6 is 0 Å². The van der Waals surface area contributed by atoms with Crippen molar-refractivity contribution < 1.29 is 9.53 Å². The molecular weight excluding hydrogens is 310 g/mol. The largest absolute Gasteiger partial charge is 0.496 e. The van der Waals surface area contributed by atoms with Crippen LogP contribution in [-0.4, -0.2) is 17.5 Å². The van der Waals surface area contributed by atoms with Gasteiger partial charge in [0.05, 0.1) is 7.11 Å². The summed E-state index contributed by atoms with van der Waals surface area (Å²) in [7, 11) is 3.71. The van der Waals surface area contributed by atoms with E-state index in [1.165, 1.54) is 0 Å². The molecule has 0 atom stereocenters. The van der Waals surface area contributed by atoms with Gasteiger partial charge in [0, 0.05) is 47.3 Å². The van der Waals surface area contributed by atoms with E-state index in [1.54, 1.807) is 7.11 Å². The molecule has 0 aliphatic heterocycles. The van der Waals surface area contributed by atoms with E-state index in [0.717, 1.165) is 50.1 Å². The van der Waals surface area contributed by atoms with Crippen molar-refractivity contribution in [2.45, 2.75) is 20.3 Å². The van der Waals surface area contributed by atoms with Gasteiger partial charge in [0.25, 0.3) is 0 Å². The highest BCUT2D eigenvalue weighted by atomic mass is 16.5. The Labute approximate surface area is 147 Å². The van der Waals surface area contributed by atoms with E-state index in [9.17, 15) is 4.79 Å². The number of methoxy groups -OCH3 is 1. The minimum atomic E-state index is 0.175. The maximum Gasteiger partial charge on any atom is 0.168 e. The summed E-state index contributed by atoms with van der Waals surface area (Å²) in [5, 5.41) is 1.11. The summed E-state index contributed by atoms with van der Waals surface area (Å²) in [6.45, 7) is 4.07. The minimum Gasteiger partial charge on any atom is -0.496 e. The number of nitrogens with zero attached hydrogens (tertiary/aromatic N) is 1. The number of para-hydroxylation sites is 1. The molecule has 3 heteroatoms. The maximum absolute atomic E-state index is 13.0. The van der Waals surface area contributed by atoms with Gasteiger partial charge in [0.2, 0.25) is 0 Å². The van der Waals surface area contributed by atoms with Crippen molar-refractivity contribution in [1.29, 1.82) is 0 Å². The lowest BCUT2D eigenvalue weighted by Gasteiger charge is -2.23. The molecule has 3 aromatic rings. The van der Waals surface area contributed by atoms with Crippen molar-refractivity contribution in [2.24, 2.45) is 7.05 Å². The number of hydrogen-bond donors (Lipinski definition) is 0. The number of carbonyl (C=O) groups is 1. The number of aryl methyl sites for hydroxylation is 2. The maximum atomic E-state index is 13.0. The topological polar surface area (TPSA) is 31.2 Å². The quantitative estimate of drug-likeness (QED) is 0.690. The Hall–Kier alpha value is -2.81. The molecule has 1 aromatic heterocycles. The van der Waals surface area contributed by atoms with E-state index < -0.39 is 0 Å². The molecule has 2 aromatic carbocycles. The molecule has 0 fully saturated rings. The lowest BCUT2D eigenvalue weighted by Crippen LogP contribution is -2.15. The van der Waals surface area contributed by atoms with Crippen LogP contribution in [0.2, 0.25) is 0 Å².